The van der Waals surface area contributed by atoms with Gasteiger partial charge in [0.15, 0.2) is 11.5 Å². The highest BCUT2D eigenvalue weighted by Gasteiger charge is 2.09. The Morgan fingerprint density at radius 2 is 1.41 bits per heavy atom. The quantitative estimate of drug-likeness (QED) is 0.682. The van der Waals surface area contributed by atoms with Crippen molar-refractivity contribution in [2.75, 3.05) is 52.9 Å². The molecule has 29 heavy (non-hydrogen) atoms. The lowest BCUT2D eigenvalue weighted by Crippen LogP contribution is -2.13. The average Bonchev–Trinajstić information content (AvgIpc) is 2.72. The molecule has 0 unspecified atom stereocenters. The highest BCUT2D eigenvalue weighted by molar-refractivity contribution is 6.33. The molecule has 3 rings (SSSR count). The minimum absolute atomic E-state index is 0.232. The molecule has 6 nitrogen and oxygen atoms in total. The maximum absolute atomic E-state index is 13.9. The van der Waals surface area contributed by atoms with Gasteiger partial charge in [0.1, 0.15) is 19.0 Å². The molecule has 0 bridgehead atoms. The molecule has 0 fully saturated rings. The predicted octanol–water partition coefficient (Wildman–Crippen LogP) is 4.05. The summed E-state index contributed by atoms with van der Waals surface area (Å²) >= 11 is 6.04. The Kier molecular flexibility index (Phi) is 8.70. The summed E-state index contributed by atoms with van der Waals surface area (Å²) in [4.78, 5) is 4.32. The second-order valence-corrected chi connectivity index (χ2v) is 6.47. The van der Waals surface area contributed by atoms with Crippen LogP contribution in [0.25, 0.3) is 0 Å². The number of halogens is 2. The smallest absolute Gasteiger partial charge is 0.163 e. The van der Waals surface area contributed by atoms with Crippen LogP contribution in [-0.4, -0.2) is 59.1 Å². The third kappa shape index (κ3) is 6.97. The molecule has 2 aromatic rings. The van der Waals surface area contributed by atoms with Gasteiger partial charge >= 0.3 is 0 Å². The molecule has 0 radical (unpaired) electrons. The maximum atomic E-state index is 13.9. The van der Waals surface area contributed by atoms with E-state index in [2.05, 4.69) is 4.99 Å². The highest BCUT2D eigenvalue weighted by atomic mass is 35.5. The van der Waals surface area contributed by atoms with E-state index in [0.717, 1.165) is 0 Å². The summed E-state index contributed by atoms with van der Waals surface area (Å²) in [5.74, 6) is 0.660. The second kappa shape index (κ2) is 11.7. The second-order valence-electron chi connectivity index (χ2n) is 6.06. The predicted molar refractivity (Wildman–Crippen MR) is 109 cm³/mol. The highest BCUT2D eigenvalue weighted by Crippen LogP contribution is 2.32. The Balaban J connectivity index is 1.73. The molecule has 1 heterocycles. The molecule has 1 aliphatic heterocycles. The third-order valence-electron chi connectivity index (χ3n) is 3.98. The first-order valence-corrected chi connectivity index (χ1v) is 9.73. The molecule has 0 saturated heterocycles. The van der Waals surface area contributed by atoms with Gasteiger partial charge in [-0.05, 0) is 24.3 Å². The standard InChI is InChI=1S/C21H23ClFNO5/c22-18-2-1-3-19(23)17(18)15-24-16-4-5-20-21(14-16)29-13-11-27-9-7-25-6-8-26-10-12-28-20/h1-5,14-15H,6-13H2. The topological polar surface area (TPSA) is 58.5 Å². The van der Waals surface area contributed by atoms with Crippen LogP contribution in [0.1, 0.15) is 5.56 Å². The van der Waals surface area contributed by atoms with E-state index in [1.54, 1.807) is 30.3 Å². The summed E-state index contributed by atoms with van der Waals surface area (Å²) in [7, 11) is 0. The lowest BCUT2D eigenvalue weighted by atomic mass is 10.2. The van der Waals surface area contributed by atoms with Crippen LogP contribution in [0, 0.1) is 5.82 Å². The first-order chi connectivity index (χ1) is 14.2. The van der Waals surface area contributed by atoms with Crippen LogP contribution >= 0.6 is 11.6 Å². The number of hydrogen-bond acceptors (Lipinski definition) is 6. The molecule has 8 heteroatoms. The summed E-state index contributed by atoms with van der Waals surface area (Å²) < 4.78 is 41.8. The van der Waals surface area contributed by atoms with Crippen LogP contribution in [0.3, 0.4) is 0 Å². The van der Waals surface area contributed by atoms with Crippen molar-refractivity contribution in [3.63, 3.8) is 0 Å². The van der Waals surface area contributed by atoms with Crippen molar-refractivity contribution in [1.29, 1.82) is 0 Å². The lowest BCUT2D eigenvalue weighted by molar-refractivity contribution is 0.00708. The normalized spacial score (nSPS) is 16.9. The van der Waals surface area contributed by atoms with E-state index in [0.29, 0.717) is 75.1 Å². The van der Waals surface area contributed by atoms with Gasteiger partial charge in [0.2, 0.25) is 0 Å². The first kappa shape index (κ1) is 21.5. The van der Waals surface area contributed by atoms with Crippen molar-refractivity contribution in [1.82, 2.24) is 0 Å². The van der Waals surface area contributed by atoms with Crippen LogP contribution < -0.4 is 9.47 Å². The van der Waals surface area contributed by atoms with Crippen LogP contribution in [0.2, 0.25) is 5.02 Å². The van der Waals surface area contributed by atoms with Gasteiger partial charge in [-0.15, -0.1) is 0 Å². The van der Waals surface area contributed by atoms with Gasteiger partial charge in [0, 0.05) is 17.8 Å². The molecule has 0 aromatic heterocycles. The number of hydrogen-bond donors (Lipinski definition) is 0. The Bertz CT molecular complexity index is 797. The zero-order valence-corrected chi connectivity index (χ0v) is 16.7. The van der Waals surface area contributed by atoms with Crippen LogP contribution in [-0.2, 0) is 14.2 Å². The molecule has 1 aliphatic rings. The number of nitrogens with zero attached hydrogens (tertiary/aromatic N) is 1. The summed E-state index contributed by atoms with van der Waals surface area (Å²) in [6.07, 6.45) is 1.39. The van der Waals surface area contributed by atoms with E-state index in [4.69, 9.17) is 35.3 Å². The van der Waals surface area contributed by atoms with E-state index in [1.807, 2.05) is 0 Å². The fraction of sp³-hybridized carbons (Fsp3) is 0.381. The summed E-state index contributed by atoms with van der Waals surface area (Å²) in [5, 5.41) is 0.295. The van der Waals surface area contributed by atoms with E-state index in [-0.39, 0.29) is 5.56 Å². The summed E-state index contributed by atoms with van der Waals surface area (Å²) in [6, 6.07) is 9.74. The van der Waals surface area contributed by atoms with Crippen LogP contribution in [0.5, 0.6) is 11.5 Å². The molecule has 156 valence electrons. The lowest BCUT2D eigenvalue weighted by Gasteiger charge is -2.13. The molecule has 0 amide bonds. The van der Waals surface area contributed by atoms with E-state index < -0.39 is 5.82 Å². The number of aliphatic imine (C=N–C) groups is 1. The maximum Gasteiger partial charge on any atom is 0.163 e. The molecule has 0 N–H and O–H groups in total. The first-order valence-electron chi connectivity index (χ1n) is 9.35. The monoisotopic (exact) mass is 423 g/mol. The van der Waals surface area contributed by atoms with Crippen LogP contribution in [0.15, 0.2) is 41.4 Å². The minimum Gasteiger partial charge on any atom is -0.487 e. The van der Waals surface area contributed by atoms with E-state index in [9.17, 15) is 4.39 Å². The molecular weight excluding hydrogens is 401 g/mol. The SMILES string of the molecule is Fc1cccc(Cl)c1C=Nc1ccc2c(c1)OCCOCCOCCOCCO2. The molecule has 0 atom stereocenters. The Labute approximate surface area is 174 Å². The number of fused-ring (bicyclic) bond motifs is 1. The van der Waals surface area contributed by atoms with Gasteiger partial charge in [-0.2, -0.15) is 0 Å². The van der Waals surface area contributed by atoms with Crippen LogP contribution in [0.4, 0.5) is 10.1 Å². The van der Waals surface area contributed by atoms with Crippen molar-refractivity contribution in [2.24, 2.45) is 4.99 Å². The van der Waals surface area contributed by atoms with Crippen molar-refractivity contribution in [3.05, 3.63) is 52.8 Å². The fourth-order valence-corrected chi connectivity index (χ4v) is 2.76. The van der Waals surface area contributed by atoms with Crippen molar-refractivity contribution in [2.45, 2.75) is 0 Å². The van der Waals surface area contributed by atoms with Crippen molar-refractivity contribution < 1.29 is 28.1 Å². The largest absolute Gasteiger partial charge is 0.487 e. The number of ether oxygens (including phenoxy) is 5. The van der Waals surface area contributed by atoms with Gasteiger partial charge in [0.05, 0.1) is 50.4 Å². The molecule has 0 saturated carbocycles. The molecule has 0 aliphatic carbocycles. The zero-order chi connectivity index (χ0) is 20.3. The Morgan fingerprint density at radius 1 is 0.793 bits per heavy atom. The average molecular weight is 424 g/mol. The van der Waals surface area contributed by atoms with Gasteiger partial charge in [-0.3, -0.25) is 4.99 Å². The van der Waals surface area contributed by atoms with Gasteiger partial charge < -0.3 is 23.7 Å². The van der Waals surface area contributed by atoms with Crippen molar-refractivity contribution >= 4 is 23.5 Å². The minimum atomic E-state index is -0.434. The van der Waals surface area contributed by atoms with Gasteiger partial charge in [-0.25, -0.2) is 4.39 Å². The van der Waals surface area contributed by atoms with Gasteiger partial charge in [-0.1, -0.05) is 17.7 Å². The summed E-state index contributed by atoms with van der Waals surface area (Å²) in [5.41, 5.74) is 0.811. The Hall–Kier alpha value is -2.19. The molecular formula is C21H23ClFNO5. The third-order valence-corrected chi connectivity index (χ3v) is 4.31. The van der Waals surface area contributed by atoms with Gasteiger partial charge in [0.25, 0.3) is 0 Å². The van der Waals surface area contributed by atoms with Crippen molar-refractivity contribution in [3.8, 4) is 11.5 Å². The van der Waals surface area contributed by atoms with E-state index >= 15 is 0 Å². The Morgan fingerprint density at radius 3 is 2.07 bits per heavy atom. The van der Waals surface area contributed by atoms with E-state index in [1.165, 1.54) is 12.3 Å². The fourth-order valence-electron chi connectivity index (χ4n) is 2.55. The summed E-state index contributed by atoms with van der Waals surface area (Å²) in [6.45, 7) is 3.58. The zero-order valence-electron chi connectivity index (χ0n) is 15.9. The number of benzene rings is 2. The molecule has 0 spiro atoms. The molecule has 2 aromatic carbocycles. The number of rotatable bonds is 2.